The van der Waals surface area contributed by atoms with Gasteiger partial charge in [0.25, 0.3) is 0 Å². The highest BCUT2D eigenvalue weighted by Gasteiger charge is 2.26. The second-order valence-electron chi connectivity index (χ2n) is 33.1. The zero-order chi connectivity index (χ0) is 107. The van der Waals surface area contributed by atoms with E-state index in [0.29, 0.717) is 100 Å². The average molecular weight is 1710 g/mol. The van der Waals surface area contributed by atoms with Gasteiger partial charge in [-0.3, -0.25) is 0 Å². The van der Waals surface area contributed by atoms with Crippen LogP contribution >= 0.6 is 0 Å². The molecule has 0 saturated heterocycles. The Hall–Kier alpha value is -17.6. The Morgan fingerprint density at radius 3 is 0.939 bits per heavy atom. The normalized spacial score (nSPS) is 14.6. The van der Waals surface area contributed by atoms with E-state index in [2.05, 4.69) is 6.07 Å². The summed E-state index contributed by atoms with van der Waals surface area (Å²) in [6.45, 7) is 0. The van der Waals surface area contributed by atoms with Gasteiger partial charge in [-0.25, -0.2) is 0 Å². The first-order valence-electron chi connectivity index (χ1n) is 55.1. The van der Waals surface area contributed by atoms with E-state index in [9.17, 15) is 16.4 Å². The van der Waals surface area contributed by atoms with Crippen molar-refractivity contribution >= 4 is 229 Å². The first kappa shape index (κ1) is 53.8. The van der Waals surface area contributed by atoms with Crippen LogP contribution in [0.1, 0.15) is 32.9 Å². The number of hydrogen-bond donors (Lipinski definition) is 0. The predicted octanol–water partition coefficient (Wildman–Crippen LogP) is 36.8. The minimum Gasteiger partial charge on any atom is -0.456 e. The lowest BCUT2D eigenvalue weighted by Gasteiger charge is -2.17. The largest absolute Gasteiger partial charge is 0.456 e. The van der Waals surface area contributed by atoms with Gasteiger partial charge in [-0.05, 0) is 250 Å². The smallest absolute Gasteiger partial charge is 0.143 e. The summed E-state index contributed by atoms with van der Waals surface area (Å²) >= 11 is 0. The van der Waals surface area contributed by atoms with Crippen LogP contribution in [0.15, 0.2) is 463 Å². The summed E-state index contributed by atoms with van der Waals surface area (Å²) in [6, 6.07) is 82.4. The Balaban J connectivity index is 0.000000111. The molecular weight excluding hydrogens is 1610 g/mol. The number of furan rings is 6. The lowest BCUT2D eigenvalue weighted by atomic mass is 9.85. The van der Waals surface area contributed by atoms with Crippen LogP contribution in [-0.4, -0.2) is 0 Å². The first-order valence-corrected chi connectivity index (χ1v) is 43.1. The molecule has 132 heavy (non-hydrogen) atoms. The van der Waals surface area contributed by atoms with Gasteiger partial charge in [0, 0.05) is 81.1 Å². The van der Waals surface area contributed by atoms with Crippen LogP contribution in [0.25, 0.3) is 295 Å². The number of rotatable bonds is 6. The second kappa shape index (κ2) is 29.0. The van der Waals surface area contributed by atoms with E-state index in [1.54, 1.807) is 42.5 Å². The van der Waals surface area contributed by atoms with Gasteiger partial charge >= 0.3 is 0 Å². The lowest BCUT2D eigenvalue weighted by molar-refractivity contribution is 0.668. The molecule has 6 aromatic heterocycles. The first-order chi connectivity index (χ1) is 75.4. The molecule has 0 aliphatic carbocycles. The molecule has 0 N–H and O–H groups in total. The van der Waals surface area contributed by atoms with E-state index < -0.39 is 72.5 Å². The molecule has 30 rings (SSSR count). The van der Waals surface area contributed by atoms with Gasteiger partial charge < -0.3 is 26.5 Å². The summed E-state index contributed by atoms with van der Waals surface area (Å²) in [4.78, 5) is 0. The highest BCUT2D eigenvalue weighted by Crippen LogP contribution is 2.52. The molecule has 0 fully saturated rings. The second-order valence-corrected chi connectivity index (χ2v) is 33.1. The van der Waals surface area contributed by atoms with Gasteiger partial charge in [0.15, 0.2) is 0 Å². The number of benzene rings is 24. The molecule has 0 unspecified atom stereocenters. The standard InChI is InChI=1S/3C42H24O2/c1-2-11-26-23-39-36(22-25(26)10-1)29-21-20-27(24-38(29)43-39)40-30-13-3-5-15-32(30)41(33-16-6-4-14-31(33)40)35-18-9-17-34-28-12-7-8-19-37(28)44-42(34)35;1-2-10-28-25(9-1)17-22-36-31-21-19-27(24-39(31)44-42(28)36)41-34-14-5-3-12-32(34)40(33-13-4-6-15-35(33)41)26-18-20-30-29-11-7-8-16-37(29)43-38(30)23-26;1-2-10-28-25(9-1)18-22-38-42(28)34-20-17-27(24-39(34)44-38)41-32-14-5-3-12-30(32)40(31-13-4-6-15-33(31)41)26-19-21-37-35(23-26)29-11-7-8-16-36(29)43-37/h3*1-24H/i3D,4D,5D,6D,13D,14D,15D,16D;2*3D,4D,5D,6D,12D,13D,14D,15D. The van der Waals surface area contributed by atoms with Crippen LogP contribution in [0.4, 0.5) is 0 Å². The lowest BCUT2D eigenvalue weighted by Crippen LogP contribution is -1.91. The van der Waals surface area contributed by atoms with E-state index >= 15 is 0 Å². The molecule has 0 aliphatic rings. The van der Waals surface area contributed by atoms with E-state index in [0.717, 1.165) is 97.0 Å². The Bertz CT molecular complexity index is 11500. The van der Waals surface area contributed by atoms with Crippen molar-refractivity contribution in [1.29, 1.82) is 0 Å². The summed E-state index contributed by atoms with van der Waals surface area (Å²) in [6.07, 6.45) is 0. The maximum Gasteiger partial charge on any atom is 0.143 e. The molecule has 0 spiro atoms. The Kier molecular flexibility index (Phi) is 11.8. The highest BCUT2D eigenvalue weighted by molar-refractivity contribution is 6.29. The fourth-order valence-corrected chi connectivity index (χ4v) is 20.3. The van der Waals surface area contributed by atoms with E-state index in [4.69, 9.17) is 43.0 Å². The van der Waals surface area contributed by atoms with E-state index in [1.807, 2.05) is 243 Å². The molecule has 612 valence electrons. The molecule has 0 bridgehead atoms. The van der Waals surface area contributed by atoms with Crippen molar-refractivity contribution in [3.05, 3.63) is 436 Å². The molecule has 0 amide bonds. The zero-order valence-electron chi connectivity index (χ0n) is 93.2. The Labute approximate surface area is 787 Å². The Morgan fingerprint density at radius 2 is 0.424 bits per heavy atom. The SMILES string of the molecule is [2H]c1c([2H])c([2H])c2c(-c3ccc4c(c3)oc3c5ccccc5ccc43)c3c([2H])c([2H])c([2H])c([2H])c3c(-c3ccc4c(c3)oc3ccccc34)c2c1[2H].[2H]c1c([2H])c([2H])c2c(-c3ccc4oc5ccccc5c4c3)c3c([2H])c([2H])c([2H])c([2H])c3c(-c3ccc4c(c3)oc3ccc5ccccc5c34)c2c1[2H].[2H]c1c([2H])c([2H])c2c(-c3cccc4c3oc3ccccc34)c3c([2H])c([2H])c([2H])c([2H])c3c(-c3ccc4c(c3)oc3cc5ccccc5cc34)c2c1[2H]. The molecule has 24 aromatic carbocycles. The average Bonchev–Trinajstić information content (AvgIpc) is 0.941. The monoisotopic (exact) mass is 1700 g/mol. The topological polar surface area (TPSA) is 78.8 Å². The third kappa shape index (κ3) is 11.3. The van der Waals surface area contributed by atoms with Crippen LogP contribution in [0, 0.1) is 0 Å². The van der Waals surface area contributed by atoms with Crippen molar-refractivity contribution in [1.82, 2.24) is 0 Å². The predicted molar refractivity (Wildman–Crippen MR) is 553 cm³/mol. The van der Waals surface area contributed by atoms with Crippen LogP contribution in [0.5, 0.6) is 0 Å². The fraction of sp³-hybridized carbons (Fsp3) is 0. The summed E-state index contributed by atoms with van der Waals surface area (Å²) < 4.78 is 255. The Morgan fingerprint density at radius 1 is 0.144 bits per heavy atom. The van der Waals surface area contributed by atoms with E-state index in [-0.39, 0.29) is 171 Å². The fourth-order valence-electron chi connectivity index (χ4n) is 20.3. The molecule has 0 aliphatic heterocycles. The third-order valence-electron chi connectivity index (χ3n) is 26.1. The third-order valence-corrected chi connectivity index (χ3v) is 26.1. The van der Waals surface area contributed by atoms with Crippen molar-refractivity contribution in [2.45, 2.75) is 0 Å². The minimum atomic E-state index is -0.457. The number of hydrogen-bond acceptors (Lipinski definition) is 6. The molecule has 6 nitrogen and oxygen atoms in total. The molecule has 30 aromatic rings. The van der Waals surface area contributed by atoms with Crippen molar-refractivity contribution in [2.75, 3.05) is 0 Å². The van der Waals surface area contributed by atoms with E-state index in [1.165, 1.54) is 0 Å². The molecule has 6 heteroatoms. The van der Waals surface area contributed by atoms with Gasteiger partial charge in [0.1, 0.15) is 67.0 Å². The number of fused-ring (bicyclic) bond motifs is 29. The maximum absolute atomic E-state index is 9.33. The summed E-state index contributed by atoms with van der Waals surface area (Å²) in [5.41, 5.74) is 11.8. The molecule has 6 heterocycles. The van der Waals surface area contributed by atoms with Crippen LogP contribution in [0.2, 0.25) is 0 Å². The minimum absolute atomic E-state index is 0.127. The van der Waals surface area contributed by atoms with Gasteiger partial charge in [0.05, 0.1) is 32.9 Å². The van der Waals surface area contributed by atoms with Crippen molar-refractivity contribution in [3.63, 3.8) is 0 Å². The summed E-state index contributed by atoms with van der Waals surface area (Å²) in [5, 5.41) is 18.1. The molecular formula is C126H72O6. The highest BCUT2D eigenvalue weighted by atomic mass is 16.3. The van der Waals surface area contributed by atoms with Gasteiger partial charge in [-0.2, -0.15) is 0 Å². The van der Waals surface area contributed by atoms with Crippen LogP contribution in [-0.2, 0) is 0 Å². The van der Waals surface area contributed by atoms with Crippen molar-refractivity contribution in [2.24, 2.45) is 0 Å². The van der Waals surface area contributed by atoms with Crippen LogP contribution in [0.3, 0.4) is 0 Å². The van der Waals surface area contributed by atoms with Gasteiger partial charge in [0.2, 0.25) is 0 Å². The zero-order valence-corrected chi connectivity index (χ0v) is 69.2. The van der Waals surface area contributed by atoms with Crippen molar-refractivity contribution < 1.29 is 59.4 Å². The number of para-hydroxylation sites is 4. The van der Waals surface area contributed by atoms with Gasteiger partial charge in [-0.15, -0.1) is 0 Å². The van der Waals surface area contributed by atoms with Gasteiger partial charge in [-0.1, -0.05) is 333 Å². The molecule has 0 radical (unpaired) electrons. The van der Waals surface area contributed by atoms with Crippen molar-refractivity contribution in [3.8, 4) is 66.8 Å². The molecule has 0 saturated carbocycles. The van der Waals surface area contributed by atoms with Crippen LogP contribution < -0.4 is 0 Å². The maximum atomic E-state index is 9.33. The quantitative estimate of drug-likeness (QED) is 0.154. The summed E-state index contributed by atoms with van der Waals surface area (Å²) in [5.74, 6) is 0. The summed E-state index contributed by atoms with van der Waals surface area (Å²) in [7, 11) is 0. The molecule has 0 atom stereocenters.